The standard InChI is InChI=1S/C26H32N6O4.C4F6O2/c1-26(2,27)25(35)30-21(17-36-16-20-11-7-4-8-12-20)24(34)31-22-14-32(18-29-22)15-23(33)28-13-19-9-5-3-6-10-19;5-3(6,7)1(11)2(12)4(8,9)10/h3-12,14,18,21H,13,15-17,27H2,1-2H3,(H,28,33)(H,30,35)(H,31,34);/t21-;/m1./s1. The zero-order valence-corrected chi connectivity index (χ0v) is 25.5. The number of aromatic nitrogens is 2. The smallest absolute Gasteiger partial charge is 0.374 e. The number of halogens is 6. The van der Waals surface area contributed by atoms with E-state index in [0.29, 0.717) is 6.54 Å². The second kappa shape index (κ2) is 17.2. The quantitative estimate of drug-likeness (QED) is 0.157. The van der Waals surface area contributed by atoms with Gasteiger partial charge in [0.1, 0.15) is 12.6 Å². The summed E-state index contributed by atoms with van der Waals surface area (Å²) in [6.45, 7) is 3.76. The fraction of sp³-hybridized carbons (Fsp3) is 0.333. The van der Waals surface area contributed by atoms with Crippen LogP contribution >= 0.6 is 0 Å². The number of carbonyl (C=O) groups excluding carboxylic acids is 5. The number of ether oxygens (including phenoxy) is 1. The molecule has 0 aliphatic rings. The molecule has 48 heavy (non-hydrogen) atoms. The molecule has 0 aliphatic carbocycles. The van der Waals surface area contributed by atoms with Crippen molar-refractivity contribution in [3.05, 3.63) is 84.3 Å². The monoisotopic (exact) mass is 686 g/mol. The number of benzene rings is 2. The van der Waals surface area contributed by atoms with E-state index in [1.807, 2.05) is 60.7 Å². The summed E-state index contributed by atoms with van der Waals surface area (Å²) in [5.41, 5.74) is 6.63. The molecule has 5 N–H and O–H groups in total. The van der Waals surface area contributed by atoms with E-state index in [1.165, 1.54) is 12.5 Å². The Kier molecular flexibility index (Phi) is 14.0. The number of ketones is 2. The summed E-state index contributed by atoms with van der Waals surface area (Å²) in [5.74, 6) is -7.78. The van der Waals surface area contributed by atoms with Gasteiger partial charge in [0.2, 0.25) is 11.8 Å². The molecule has 0 saturated heterocycles. The molecular weight excluding hydrogens is 654 g/mol. The first-order valence-corrected chi connectivity index (χ1v) is 13.8. The molecule has 0 aliphatic heterocycles. The maximum absolute atomic E-state index is 12.9. The van der Waals surface area contributed by atoms with Crippen molar-refractivity contribution in [3.8, 4) is 0 Å². The van der Waals surface area contributed by atoms with Gasteiger partial charge in [0, 0.05) is 12.7 Å². The van der Waals surface area contributed by atoms with Crippen LogP contribution in [0.1, 0.15) is 25.0 Å². The second-order valence-corrected chi connectivity index (χ2v) is 10.6. The summed E-state index contributed by atoms with van der Waals surface area (Å²) in [4.78, 5) is 61.0. The Bertz CT molecular complexity index is 1520. The Morgan fingerprint density at radius 2 is 1.38 bits per heavy atom. The third kappa shape index (κ3) is 13.7. The van der Waals surface area contributed by atoms with Crippen molar-refractivity contribution in [1.82, 2.24) is 20.2 Å². The van der Waals surface area contributed by atoms with Crippen molar-refractivity contribution in [3.63, 3.8) is 0 Å². The van der Waals surface area contributed by atoms with Gasteiger partial charge in [-0.15, -0.1) is 0 Å². The highest BCUT2D eigenvalue weighted by Gasteiger charge is 2.54. The molecule has 0 unspecified atom stereocenters. The molecule has 0 spiro atoms. The van der Waals surface area contributed by atoms with Crippen LogP contribution in [-0.4, -0.2) is 69.4 Å². The van der Waals surface area contributed by atoms with E-state index < -0.39 is 47.3 Å². The maximum atomic E-state index is 12.9. The zero-order valence-electron chi connectivity index (χ0n) is 25.5. The molecule has 3 aromatic rings. The number of hydrogen-bond acceptors (Lipinski definition) is 8. The van der Waals surface area contributed by atoms with Crippen LogP contribution in [0.4, 0.5) is 32.2 Å². The van der Waals surface area contributed by atoms with E-state index in [2.05, 4.69) is 20.9 Å². The first-order valence-electron chi connectivity index (χ1n) is 13.8. The number of imidazole rings is 1. The number of anilines is 1. The molecular formula is C30H32F6N6O6. The minimum atomic E-state index is -5.77. The number of Topliss-reactive ketones (excluding diaryl/α,β-unsaturated/α-hetero) is 2. The highest BCUT2D eigenvalue weighted by Crippen LogP contribution is 2.24. The molecule has 3 amide bonds. The van der Waals surface area contributed by atoms with Gasteiger partial charge in [-0.1, -0.05) is 60.7 Å². The molecule has 1 heterocycles. The lowest BCUT2D eigenvalue weighted by Crippen LogP contribution is -2.56. The normalized spacial score (nSPS) is 12.2. The maximum Gasteiger partial charge on any atom is 0.458 e. The predicted octanol–water partition coefficient (Wildman–Crippen LogP) is 2.83. The number of rotatable bonds is 13. The fourth-order valence-corrected chi connectivity index (χ4v) is 3.40. The van der Waals surface area contributed by atoms with Crippen LogP contribution < -0.4 is 21.7 Å². The van der Waals surface area contributed by atoms with Crippen molar-refractivity contribution in [2.75, 3.05) is 11.9 Å². The number of nitrogens with one attached hydrogen (secondary N) is 3. The van der Waals surface area contributed by atoms with Crippen molar-refractivity contribution in [2.45, 2.75) is 57.5 Å². The van der Waals surface area contributed by atoms with Crippen molar-refractivity contribution in [2.24, 2.45) is 5.73 Å². The summed E-state index contributed by atoms with van der Waals surface area (Å²) >= 11 is 0. The number of carbonyl (C=O) groups is 5. The minimum absolute atomic E-state index is 0.0391. The molecule has 3 rings (SSSR count). The van der Waals surface area contributed by atoms with Gasteiger partial charge in [0.05, 0.1) is 25.1 Å². The summed E-state index contributed by atoms with van der Waals surface area (Å²) in [6.07, 6.45) is -8.56. The van der Waals surface area contributed by atoms with E-state index in [4.69, 9.17) is 10.5 Å². The lowest BCUT2D eigenvalue weighted by atomic mass is 10.1. The predicted molar refractivity (Wildman–Crippen MR) is 158 cm³/mol. The summed E-state index contributed by atoms with van der Waals surface area (Å²) in [6, 6.07) is 18.1. The number of hydrogen-bond donors (Lipinski definition) is 4. The average molecular weight is 687 g/mol. The van der Waals surface area contributed by atoms with Gasteiger partial charge < -0.3 is 31.0 Å². The number of amides is 3. The Labute approximate surface area is 270 Å². The van der Waals surface area contributed by atoms with Gasteiger partial charge in [-0.05, 0) is 25.0 Å². The lowest BCUT2D eigenvalue weighted by molar-refractivity contribution is -0.193. The van der Waals surface area contributed by atoms with Crippen LogP contribution in [0.3, 0.4) is 0 Å². The largest absolute Gasteiger partial charge is 0.458 e. The summed E-state index contributed by atoms with van der Waals surface area (Å²) in [5, 5.41) is 8.13. The summed E-state index contributed by atoms with van der Waals surface area (Å²) in [7, 11) is 0. The molecule has 2 aromatic carbocycles. The molecule has 260 valence electrons. The highest BCUT2D eigenvalue weighted by molar-refractivity contribution is 6.41. The van der Waals surface area contributed by atoms with Gasteiger partial charge in [-0.3, -0.25) is 24.0 Å². The van der Waals surface area contributed by atoms with Crippen LogP contribution in [0.2, 0.25) is 0 Å². The molecule has 0 saturated carbocycles. The molecule has 0 bridgehead atoms. The van der Waals surface area contributed by atoms with E-state index in [0.717, 1.165) is 11.1 Å². The van der Waals surface area contributed by atoms with Crippen molar-refractivity contribution < 1.29 is 55.1 Å². The second-order valence-electron chi connectivity index (χ2n) is 10.6. The van der Waals surface area contributed by atoms with Crippen molar-refractivity contribution in [1.29, 1.82) is 0 Å². The first-order chi connectivity index (χ1) is 22.3. The van der Waals surface area contributed by atoms with Gasteiger partial charge in [0.25, 0.3) is 5.91 Å². The van der Waals surface area contributed by atoms with Crippen LogP contribution in [0.15, 0.2) is 73.2 Å². The fourth-order valence-electron chi connectivity index (χ4n) is 3.40. The molecule has 12 nitrogen and oxygen atoms in total. The Balaban J connectivity index is 0.000000567. The SMILES string of the molecule is CC(C)(N)C(=O)N[C@H](COCc1ccccc1)C(=O)Nc1cn(CC(=O)NCc2ccccc2)cn1.O=C(C(=O)C(F)(F)F)C(F)(F)F. The number of nitrogens with zero attached hydrogens (tertiary/aromatic N) is 2. The van der Waals surface area contributed by atoms with E-state index in [1.54, 1.807) is 18.4 Å². The van der Waals surface area contributed by atoms with Crippen LogP contribution in [0, 0.1) is 0 Å². The number of nitrogens with two attached hydrogens (primary N) is 1. The Hall–Kier alpha value is -5.10. The minimum Gasteiger partial charge on any atom is -0.374 e. The van der Waals surface area contributed by atoms with E-state index in [9.17, 15) is 50.3 Å². The van der Waals surface area contributed by atoms with Gasteiger partial charge in [-0.25, -0.2) is 4.98 Å². The highest BCUT2D eigenvalue weighted by atomic mass is 19.4. The lowest BCUT2D eigenvalue weighted by Gasteiger charge is -2.23. The Morgan fingerprint density at radius 3 is 1.88 bits per heavy atom. The van der Waals surface area contributed by atoms with E-state index in [-0.39, 0.29) is 31.5 Å². The van der Waals surface area contributed by atoms with Crippen LogP contribution in [-0.2, 0) is 48.4 Å². The topological polar surface area (TPSA) is 175 Å². The summed E-state index contributed by atoms with van der Waals surface area (Å²) < 4.78 is 74.2. The van der Waals surface area contributed by atoms with Crippen LogP contribution in [0.25, 0.3) is 0 Å². The van der Waals surface area contributed by atoms with Crippen molar-refractivity contribution >= 4 is 35.1 Å². The zero-order chi connectivity index (χ0) is 36.1. The van der Waals surface area contributed by atoms with E-state index >= 15 is 0 Å². The molecule has 1 atom stereocenters. The number of alkyl halides is 6. The Morgan fingerprint density at radius 1 is 0.854 bits per heavy atom. The molecule has 0 radical (unpaired) electrons. The third-order valence-corrected chi connectivity index (χ3v) is 5.87. The molecule has 18 heteroatoms. The average Bonchev–Trinajstić information content (AvgIpc) is 3.44. The van der Waals surface area contributed by atoms with Gasteiger partial charge in [-0.2, -0.15) is 26.3 Å². The molecule has 0 fully saturated rings. The third-order valence-electron chi connectivity index (χ3n) is 5.87. The van der Waals surface area contributed by atoms with Gasteiger partial charge in [0.15, 0.2) is 5.82 Å². The first kappa shape index (κ1) is 39.1. The van der Waals surface area contributed by atoms with Gasteiger partial charge >= 0.3 is 23.9 Å². The molecule has 1 aromatic heterocycles. The van der Waals surface area contributed by atoms with Crippen LogP contribution in [0.5, 0.6) is 0 Å².